The average Bonchev–Trinajstić information content (AvgIpc) is 2.63. The molecular weight excluding hydrogens is 196 g/mol. The molecule has 1 amide bonds. The molecule has 1 aliphatic rings. The molecule has 15 heavy (non-hydrogen) atoms. The Kier molecular flexibility index (Phi) is 3.68. The second-order valence-corrected chi connectivity index (χ2v) is 4.30. The summed E-state index contributed by atoms with van der Waals surface area (Å²) in [4.78, 5) is 24.1. The standard InChI is InChI=1S/C10H18N2O3/c1-6(2)8(11)9(13)12-5-3-4-7(12)10(14)15/h6-8H,3-5,11H2,1-2H3,(H,14,15)/t7?,8-/m0/s1. The fourth-order valence-corrected chi connectivity index (χ4v) is 1.76. The minimum atomic E-state index is -0.934. The van der Waals surface area contributed by atoms with Gasteiger partial charge in [-0.15, -0.1) is 0 Å². The van der Waals surface area contributed by atoms with Crippen LogP contribution in [0.1, 0.15) is 26.7 Å². The van der Waals surface area contributed by atoms with Crippen molar-refractivity contribution in [1.82, 2.24) is 4.90 Å². The van der Waals surface area contributed by atoms with Gasteiger partial charge in [0.25, 0.3) is 0 Å². The lowest BCUT2D eigenvalue weighted by atomic mass is 10.0. The maximum absolute atomic E-state index is 11.8. The summed E-state index contributed by atoms with van der Waals surface area (Å²) >= 11 is 0. The molecule has 0 saturated carbocycles. The highest BCUT2D eigenvalue weighted by molar-refractivity contribution is 5.87. The second kappa shape index (κ2) is 4.61. The number of nitrogens with zero attached hydrogens (tertiary/aromatic N) is 1. The topological polar surface area (TPSA) is 83.6 Å². The summed E-state index contributed by atoms with van der Waals surface area (Å²) in [5.41, 5.74) is 5.72. The number of rotatable bonds is 3. The van der Waals surface area contributed by atoms with Crippen LogP contribution in [0.25, 0.3) is 0 Å². The predicted molar refractivity (Wildman–Crippen MR) is 55.2 cm³/mol. The van der Waals surface area contributed by atoms with Gasteiger partial charge in [0.15, 0.2) is 0 Å². The molecular formula is C10H18N2O3. The summed E-state index contributed by atoms with van der Waals surface area (Å²) in [6, 6.07) is -1.27. The van der Waals surface area contributed by atoms with Gasteiger partial charge in [0.1, 0.15) is 6.04 Å². The molecule has 5 nitrogen and oxygen atoms in total. The molecule has 1 saturated heterocycles. The molecule has 0 aromatic heterocycles. The molecule has 0 bridgehead atoms. The van der Waals surface area contributed by atoms with E-state index < -0.39 is 18.1 Å². The van der Waals surface area contributed by atoms with E-state index in [0.29, 0.717) is 13.0 Å². The summed E-state index contributed by atoms with van der Waals surface area (Å²) < 4.78 is 0. The van der Waals surface area contributed by atoms with Crippen molar-refractivity contribution in [3.8, 4) is 0 Å². The molecule has 2 atom stereocenters. The van der Waals surface area contributed by atoms with Gasteiger partial charge in [0.05, 0.1) is 6.04 Å². The van der Waals surface area contributed by atoms with Gasteiger partial charge < -0.3 is 15.7 Å². The highest BCUT2D eigenvalue weighted by Crippen LogP contribution is 2.19. The third-order valence-electron chi connectivity index (χ3n) is 2.82. The third kappa shape index (κ3) is 2.47. The van der Waals surface area contributed by atoms with Crippen LogP contribution in [0.3, 0.4) is 0 Å². The first kappa shape index (κ1) is 12.0. The molecule has 1 heterocycles. The molecule has 86 valence electrons. The number of hydrogen-bond donors (Lipinski definition) is 2. The fourth-order valence-electron chi connectivity index (χ4n) is 1.76. The SMILES string of the molecule is CC(C)[C@H](N)C(=O)N1CCCC1C(=O)O. The number of carbonyl (C=O) groups is 2. The first-order valence-corrected chi connectivity index (χ1v) is 5.24. The zero-order valence-electron chi connectivity index (χ0n) is 9.14. The Morgan fingerprint density at radius 2 is 2.07 bits per heavy atom. The van der Waals surface area contributed by atoms with Gasteiger partial charge in [-0.3, -0.25) is 4.79 Å². The van der Waals surface area contributed by atoms with Gasteiger partial charge in [-0.25, -0.2) is 4.79 Å². The van der Waals surface area contributed by atoms with Crippen molar-refractivity contribution in [2.24, 2.45) is 11.7 Å². The number of hydrogen-bond acceptors (Lipinski definition) is 3. The maximum Gasteiger partial charge on any atom is 0.326 e. The Bertz CT molecular complexity index is 265. The fraction of sp³-hybridized carbons (Fsp3) is 0.800. The predicted octanol–water partition coefficient (Wildman–Crippen LogP) is 0.0453. The highest BCUT2D eigenvalue weighted by atomic mass is 16.4. The van der Waals surface area contributed by atoms with E-state index in [9.17, 15) is 9.59 Å². The Morgan fingerprint density at radius 3 is 2.53 bits per heavy atom. The van der Waals surface area contributed by atoms with E-state index in [1.807, 2.05) is 13.8 Å². The van der Waals surface area contributed by atoms with Crippen molar-refractivity contribution >= 4 is 11.9 Å². The zero-order valence-corrected chi connectivity index (χ0v) is 9.14. The minimum absolute atomic E-state index is 0.0348. The summed E-state index contributed by atoms with van der Waals surface area (Å²) in [6.45, 7) is 4.22. The van der Waals surface area contributed by atoms with Crippen molar-refractivity contribution in [3.05, 3.63) is 0 Å². The maximum atomic E-state index is 11.8. The zero-order chi connectivity index (χ0) is 11.6. The smallest absolute Gasteiger partial charge is 0.326 e. The van der Waals surface area contributed by atoms with E-state index in [4.69, 9.17) is 10.8 Å². The van der Waals surface area contributed by atoms with Crippen LogP contribution in [-0.2, 0) is 9.59 Å². The number of carbonyl (C=O) groups excluding carboxylic acids is 1. The lowest BCUT2D eigenvalue weighted by Gasteiger charge is -2.26. The van der Waals surface area contributed by atoms with E-state index in [1.54, 1.807) is 0 Å². The molecule has 1 unspecified atom stereocenters. The molecule has 5 heteroatoms. The van der Waals surface area contributed by atoms with Crippen molar-refractivity contribution in [2.75, 3.05) is 6.54 Å². The van der Waals surface area contributed by atoms with E-state index in [1.165, 1.54) is 4.90 Å². The van der Waals surface area contributed by atoms with Gasteiger partial charge in [-0.2, -0.15) is 0 Å². The van der Waals surface area contributed by atoms with Crippen molar-refractivity contribution in [2.45, 2.75) is 38.8 Å². The number of likely N-dealkylation sites (tertiary alicyclic amines) is 1. The lowest BCUT2D eigenvalue weighted by molar-refractivity contribution is -0.149. The van der Waals surface area contributed by atoms with Crippen molar-refractivity contribution < 1.29 is 14.7 Å². The van der Waals surface area contributed by atoms with Gasteiger partial charge in [-0.05, 0) is 18.8 Å². The Balaban J connectivity index is 2.70. The highest BCUT2D eigenvalue weighted by Gasteiger charge is 2.36. The lowest BCUT2D eigenvalue weighted by Crippen LogP contribution is -2.50. The number of nitrogens with two attached hydrogens (primary N) is 1. The number of aliphatic carboxylic acids is 1. The summed E-state index contributed by atoms with van der Waals surface area (Å²) in [5, 5.41) is 8.92. The van der Waals surface area contributed by atoms with Crippen LogP contribution >= 0.6 is 0 Å². The monoisotopic (exact) mass is 214 g/mol. The summed E-state index contributed by atoms with van der Waals surface area (Å²) in [5.74, 6) is -1.14. The number of carboxylic acid groups (broad SMARTS) is 1. The van der Waals surface area contributed by atoms with Gasteiger partial charge in [-0.1, -0.05) is 13.8 Å². The van der Waals surface area contributed by atoms with Crippen LogP contribution in [0.4, 0.5) is 0 Å². The molecule has 0 spiro atoms. The van der Waals surface area contributed by atoms with Gasteiger partial charge >= 0.3 is 5.97 Å². The largest absolute Gasteiger partial charge is 0.480 e. The van der Waals surface area contributed by atoms with E-state index in [2.05, 4.69) is 0 Å². The van der Waals surface area contributed by atoms with Crippen LogP contribution < -0.4 is 5.73 Å². The molecule has 0 aromatic rings. The normalized spacial score (nSPS) is 23.2. The van der Waals surface area contributed by atoms with E-state index in [0.717, 1.165) is 6.42 Å². The Morgan fingerprint density at radius 1 is 1.47 bits per heavy atom. The third-order valence-corrected chi connectivity index (χ3v) is 2.82. The van der Waals surface area contributed by atoms with Gasteiger partial charge in [0.2, 0.25) is 5.91 Å². The first-order valence-electron chi connectivity index (χ1n) is 5.24. The summed E-state index contributed by atoms with van der Waals surface area (Å²) in [7, 11) is 0. The average molecular weight is 214 g/mol. The quantitative estimate of drug-likeness (QED) is 0.695. The first-order chi connectivity index (χ1) is 6.95. The van der Waals surface area contributed by atoms with Crippen molar-refractivity contribution in [1.29, 1.82) is 0 Å². The van der Waals surface area contributed by atoms with E-state index in [-0.39, 0.29) is 11.8 Å². The Hall–Kier alpha value is -1.10. The molecule has 3 N–H and O–H groups in total. The van der Waals surface area contributed by atoms with Crippen LogP contribution in [-0.4, -0.2) is 40.5 Å². The number of amides is 1. The van der Waals surface area contributed by atoms with Gasteiger partial charge in [0, 0.05) is 6.54 Å². The molecule has 1 rings (SSSR count). The number of carboxylic acids is 1. The van der Waals surface area contributed by atoms with Crippen LogP contribution in [0.15, 0.2) is 0 Å². The molecule has 0 aliphatic carbocycles. The van der Waals surface area contributed by atoms with Crippen LogP contribution in [0, 0.1) is 5.92 Å². The molecule has 0 radical (unpaired) electrons. The molecule has 1 fully saturated rings. The minimum Gasteiger partial charge on any atom is -0.480 e. The van der Waals surface area contributed by atoms with E-state index >= 15 is 0 Å². The van der Waals surface area contributed by atoms with Crippen LogP contribution in [0.5, 0.6) is 0 Å². The summed E-state index contributed by atoms with van der Waals surface area (Å²) in [6.07, 6.45) is 1.28. The van der Waals surface area contributed by atoms with Crippen LogP contribution in [0.2, 0.25) is 0 Å². The molecule has 0 aromatic carbocycles. The Labute approximate surface area is 89.2 Å². The van der Waals surface area contributed by atoms with Crippen molar-refractivity contribution in [3.63, 3.8) is 0 Å². The molecule has 1 aliphatic heterocycles. The second-order valence-electron chi connectivity index (χ2n) is 4.30.